The molecule has 0 aliphatic carbocycles. The van der Waals surface area contributed by atoms with Crippen LogP contribution in [0.3, 0.4) is 0 Å². The van der Waals surface area contributed by atoms with Crippen LogP contribution < -0.4 is 0 Å². The molecule has 1 atom stereocenters. The number of carboxylic acid groups (broad SMARTS) is 1. The Balaban J connectivity index is 3.05. The van der Waals surface area contributed by atoms with E-state index in [9.17, 15) is 18.0 Å². The van der Waals surface area contributed by atoms with Crippen molar-refractivity contribution in [3.63, 3.8) is 0 Å². The lowest BCUT2D eigenvalue weighted by atomic mass is 9.97. The van der Waals surface area contributed by atoms with Crippen LogP contribution in [0.2, 0.25) is 0 Å². The molecule has 82 valence electrons. The highest BCUT2D eigenvalue weighted by atomic mass is 19.2. The van der Waals surface area contributed by atoms with Gasteiger partial charge in [-0.25, -0.2) is 13.2 Å². The van der Waals surface area contributed by atoms with Crippen molar-refractivity contribution < 1.29 is 23.1 Å². The number of aliphatic carboxylic acids is 1. The average molecular weight is 218 g/mol. The molecule has 2 nitrogen and oxygen atoms in total. The van der Waals surface area contributed by atoms with Gasteiger partial charge < -0.3 is 5.11 Å². The summed E-state index contributed by atoms with van der Waals surface area (Å²) < 4.78 is 38.5. The maximum Gasteiger partial charge on any atom is 0.303 e. The summed E-state index contributed by atoms with van der Waals surface area (Å²) in [5.74, 6) is -5.98. The van der Waals surface area contributed by atoms with Gasteiger partial charge in [-0.15, -0.1) is 0 Å². The molecule has 0 aliphatic heterocycles. The van der Waals surface area contributed by atoms with Crippen LogP contribution in [0, 0.1) is 17.5 Å². The molecule has 0 bridgehead atoms. The van der Waals surface area contributed by atoms with Gasteiger partial charge in [0.2, 0.25) is 0 Å². The topological polar surface area (TPSA) is 37.3 Å². The molecule has 1 aromatic rings. The minimum absolute atomic E-state index is 0.128. The van der Waals surface area contributed by atoms with E-state index >= 15 is 0 Å². The van der Waals surface area contributed by atoms with Crippen molar-refractivity contribution in [2.45, 2.75) is 19.3 Å². The van der Waals surface area contributed by atoms with Crippen molar-refractivity contribution in [1.82, 2.24) is 0 Å². The van der Waals surface area contributed by atoms with Gasteiger partial charge in [-0.1, -0.05) is 13.0 Å². The normalized spacial score (nSPS) is 12.5. The van der Waals surface area contributed by atoms with E-state index < -0.39 is 29.3 Å². The maximum absolute atomic E-state index is 13.2. The number of carboxylic acids is 1. The monoisotopic (exact) mass is 218 g/mol. The van der Waals surface area contributed by atoms with Gasteiger partial charge in [-0.2, -0.15) is 0 Å². The van der Waals surface area contributed by atoms with Crippen molar-refractivity contribution >= 4 is 5.97 Å². The Morgan fingerprint density at radius 1 is 1.33 bits per heavy atom. The van der Waals surface area contributed by atoms with Gasteiger partial charge in [0.1, 0.15) is 0 Å². The van der Waals surface area contributed by atoms with Crippen molar-refractivity contribution in [2.75, 3.05) is 0 Å². The first-order chi connectivity index (χ1) is 6.93. The number of hydrogen-bond acceptors (Lipinski definition) is 1. The summed E-state index contributed by atoms with van der Waals surface area (Å²) in [6.07, 6.45) is -0.331. The largest absolute Gasteiger partial charge is 0.481 e. The molecule has 0 radical (unpaired) electrons. The smallest absolute Gasteiger partial charge is 0.303 e. The van der Waals surface area contributed by atoms with Gasteiger partial charge in [-0.05, 0) is 17.5 Å². The average Bonchev–Trinajstić information content (AvgIpc) is 2.13. The minimum atomic E-state index is -1.57. The molecule has 0 aromatic heterocycles. The van der Waals surface area contributed by atoms with Crippen LogP contribution in [0.1, 0.15) is 24.8 Å². The summed E-state index contributed by atoms with van der Waals surface area (Å²) in [6.45, 7) is 1.43. The Hall–Kier alpha value is -1.52. The van der Waals surface area contributed by atoms with E-state index in [1.807, 2.05) is 0 Å². The molecule has 0 fully saturated rings. The van der Waals surface area contributed by atoms with E-state index in [0.717, 1.165) is 12.1 Å². The Labute approximate surface area is 84.3 Å². The third-order valence-electron chi connectivity index (χ3n) is 2.08. The molecular weight excluding hydrogens is 209 g/mol. The van der Waals surface area contributed by atoms with Gasteiger partial charge in [0.15, 0.2) is 17.5 Å². The first-order valence-corrected chi connectivity index (χ1v) is 4.28. The summed E-state index contributed by atoms with van der Waals surface area (Å²) in [5.41, 5.74) is -0.128. The lowest BCUT2D eigenvalue weighted by Crippen LogP contribution is -2.06. The Morgan fingerprint density at radius 3 is 2.47 bits per heavy atom. The second-order valence-electron chi connectivity index (χ2n) is 3.26. The quantitative estimate of drug-likeness (QED) is 0.792. The molecule has 1 aromatic carbocycles. The van der Waals surface area contributed by atoms with Gasteiger partial charge in [0, 0.05) is 0 Å². The van der Waals surface area contributed by atoms with E-state index in [-0.39, 0.29) is 12.0 Å². The molecular formula is C10H9F3O2. The number of hydrogen-bond donors (Lipinski definition) is 1. The van der Waals surface area contributed by atoms with Crippen LogP contribution in [0.5, 0.6) is 0 Å². The molecule has 1 unspecified atom stereocenters. The van der Waals surface area contributed by atoms with Gasteiger partial charge >= 0.3 is 5.97 Å². The SMILES string of the molecule is CC(CC(=O)O)c1ccc(F)c(F)c1F. The molecule has 1 rings (SSSR count). The predicted molar refractivity (Wildman–Crippen MR) is 47.0 cm³/mol. The fraction of sp³-hybridized carbons (Fsp3) is 0.300. The molecule has 15 heavy (non-hydrogen) atoms. The highest BCUT2D eigenvalue weighted by Crippen LogP contribution is 2.24. The number of halogens is 3. The minimum Gasteiger partial charge on any atom is -0.481 e. The van der Waals surface area contributed by atoms with Crippen LogP contribution in [-0.4, -0.2) is 11.1 Å². The van der Waals surface area contributed by atoms with Gasteiger partial charge in [0.25, 0.3) is 0 Å². The van der Waals surface area contributed by atoms with E-state index in [0.29, 0.717) is 0 Å². The first kappa shape index (κ1) is 11.6. The zero-order valence-corrected chi connectivity index (χ0v) is 7.93. The fourth-order valence-electron chi connectivity index (χ4n) is 1.29. The van der Waals surface area contributed by atoms with E-state index in [1.54, 1.807) is 0 Å². The predicted octanol–water partition coefficient (Wildman–Crippen LogP) is 2.68. The van der Waals surface area contributed by atoms with E-state index in [4.69, 9.17) is 5.11 Å². The third kappa shape index (κ3) is 2.49. The van der Waals surface area contributed by atoms with Crippen LogP contribution in [0.15, 0.2) is 12.1 Å². The summed E-state index contributed by atoms with van der Waals surface area (Å²) in [6, 6.07) is 1.84. The summed E-state index contributed by atoms with van der Waals surface area (Å²) in [4.78, 5) is 10.4. The molecule has 0 heterocycles. The lowest BCUT2D eigenvalue weighted by Gasteiger charge is -2.10. The van der Waals surface area contributed by atoms with Crippen LogP contribution >= 0.6 is 0 Å². The van der Waals surface area contributed by atoms with Crippen molar-refractivity contribution in [2.24, 2.45) is 0 Å². The van der Waals surface area contributed by atoms with Gasteiger partial charge in [-0.3, -0.25) is 4.79 Å². The van der Waals surface area contributed by atoms with Crippen LogP contribution in [0.4, 0.5) is 13.2 Å². The molecule has 0 spiro atoms. The zero-order valence-electron chi connectivity index (χ0n) is 7.93. The standard InChI is InChI=1S/C10H9F3O2/c1-5(4-8(14)15)6-2-3-7(11)10(13)9(6)12/h2-3,5H,4H2,1H3,(H,14,15). The van der Waals surface area contributed by atoms with E-state index in [1.165, 1.54) is 6.92 Å². The summed E-state index contributed by atoms with van der Waals surface area (Å²) >= 11 is 0. The number of carbonyl (C=O) groups is 1. The number of rotatable bonds is 3. The zero-order chi connectivity index (χ0) is 11.6. The van der Waals surface area contributed by atoms with Crippen molar-refractivity contribution in [1.29, 1.82) is 0 Å². The summed E-state index contributed by atoms with van der Waals surface area (Å²) in [7, 11) is 0. The third-order valence-corrected chi connectivity index (χ3v) is 2.08. The molecule has 0 aliphatic rings. The molecule has 0 amide bonds. The lowest BCUT2D eigenvalue weighted by molar-refractivity contribution is -0.137. The van der Waals surface area contributed by atoms with Crippen molar-refractivity contribution in [3.05, 3.63) is 35.1 Å². The van der Waals surface area contributed by atoms with Crippen LogP contribution in [-0.2, 0) is 4.79 Å². The first-order valence-electron chi connectivity index (χ1n) is 4.28. The highest BCUT2D eigenvalue weighted by molar-refractivity contribution is 5.67. The second-order valence-corrected chi connectivity index (χ2v) is 3.26. The Morgan fingerprint density at radius 2 is 1.93 bits per heavy atom. The van der Waals surface area contributed by atoms with Gasteiger partial charge in [0.05, 0.1) is 6.42 Å². The molecule has 0 saturated carbocycles. The maximum atomic E-state index is 13.2. The summed E-state index contributed by atoms with van der Waals surface area (Å²) in [5, 5.41) is 8.47. The molecule has 0 saturated heterocycles. The van der Waals surface area contributed by atoms with Crippen LogP contribution in [0.25, 0.3) is 0 Å². The Bertz CT molecular complexity index is 390. The fourth-order valence-corrected chi connectivity index (χ4v) is 1.29. The second kappa shape index (κ2) is 4.33. The Kier molecular flexibility index (Phi) is 3.34. The van der Waals surface area contributed by atoms with E-state index in [2.05, 4.69) is 0 Å². The van der Waals surface area contributed by atoms with Crippen molar-refractivity contribution in [3.8, 4) is 0 Å². The molecule has 1 N–H and O–H groups in total. The molecule has 5 heteroatoms. The highest BCUT2D eigenvalue weighted by Gasteiger charge is 2.19. The number of benzene rings is 1.